The Morgan fingerprint density at radius 3 is 2.71 bits per heavy atom. The minimum Gasteiger partial charge on any atom is -0.457 e. The Hall–Kier alpha value is -3.32. The number of aromatic hydroxyl groups is 1. The molecule has 0 saturated heterocycles. The van der Waals surface area contributed by atoms with E-state index < -0.39 is 23.4 Å². The number of nitriles is 1. The van der Waals surface area contributed by atoms with Crippen LogP contribution < -0.4 is 9.30 Å². The smallest absolute Gasteiger partial charge is 0.420 e. The van der Waals surface area contributed by atoms with Crippen molar-refractivity contribution in [2.24, 2.45) is 7.05 Å². The van der Waals surface area contributed by atoms with Gasteiger partial charge in [-0.05, 0) is 18.2 Å². The Balaban J connectivity index is 2.09. The number of nitrogens with zero attached hydrogens (tertiary/aromatic N) is 5. The molecule has 0 bridgehead atoms. The van der Waals surface area contributed by atoms with E-state index in [1.54, 1.807) is 7.05 Å². The van der Waals surface area contributed by atoms with Gasteiger partial charge in [0.25, 0.3) is 5.75 Å². The minimum atomic E-state index is -4.78. The van der Waals surface area contributed by atoms with Crippen molar-refractivity contribution in [3.63, 3.8) is 0 Å². The van der Waals surface area contributed by atoms with Gasteiger partial charge in [-0.3, -0.25) is 0 Å². The zero-order valence-electron chi connectivity index (χ0n) is 14.3. The Labute approximate surface area is 161 Å². The van der Waals surface area contributed by atoms with Crippen molar-refractivity contribution in [1.82, 2.24) is 14.8 Å². The molecule has 3 aromatic rings. The van der Waals surface area contributed by atoms with Gasteiger partial charge in [0.15, 0.2) is 12.0 Å². The van der Waals surface area contributed by atoms with E-state index in [2.05, 4.69) is 10.1 Å². The summed E-state index contributed by atoms with van der Waals surface area (Å²) in [6.45, 7) is -0.0458. The molecule has 0 aliphatic heterocycles. The second-order valence-corrected chi connectivity index (χ2v) is 6.13. The number of aryl methyl sites for hydroxylation is 1. The molecule has 2 heterocycles. The zero-order chi connectivity index (χ0) is 20.5. The molecule has 0 radical (unpaired) electrons. The van der Waals surface area contributed by atoms with E-state index in [4.69, 9.17) is 21.6 Å². The zero-order valence-corrected chi connectivity index (χ0v) is 15.0. The molecule has 11 heteroatoms. The van der Waals surface area contributed by atoms with Crippen molar-refractivity contribution in [1.29, 1.82) is 5.26 Å². The highest BCUT2D eigenvalue weighted by atomic mass is 35.5. The monoisotopic (exact) mass is 410 g/mol. The Kier molecular flexibility index (Phi) is 5.11. The van der Waals surface area contributed by atoms with Crippen LogP contribution in [-0.4, -0.2) is 19.9 Å². The second kappa shape index (κ2) is 7.36. The van der Waals surface area contributed by atoms with Gasteiger partial charge in [-0.25, -0.2) is 9.67 Å². The molecule has 3 rings (SSSR count). The molecule has 0 saturated carbocycles. The molecule has 1 aromatic carbocycles. The predicted octanol–water partition coefficient (Wildman–Crippen LogP) is 3.19. The average Bonchev–Trinajstić information content (AvgIpc) is 3.01. The number of hydrogen-bond acceptors (Lipinski definition) is 5. The maximum atomic E-state index is 13.4. The highest BCUT2D eigenvalue weighted by Crippen LogP contribution is 2.42. The van der Waals surface area contributed by atoms with Gasteiger partial charge in [-0.15, -0.1) is 0 Å². The van der Waals surface area contributed by atoms with Gasteiger partial charge < -0.3 is 9.84 Å². The fourth-order valence-corrected chi connectivity index (χ4v) is 2.66. The van der Waals surface area contributed by atoms with Crippen LogP contribution in [-0.2, 0) is 19.8 Å². The number of ether oxygens (including phenoxy) is 1. The SMILES string of the molecule is Cn1ncnc1C[n+]1ccc(C(F)(F)F)c(Oc2cc(Cl)cc(C#N)c2)c1O. The topological polar surface area (TPSA) is 87.8 Å². The van der Waals surface area contributed by atoms with Gasteiger partial charge in [0.1, 0.15) is 17.6 Å². The molecule has 7 nitrogen and oxygen atoms in total. The quantitative estimate of drug-likeness (QED) is 0.667. The van der Waals surface area contributed by atoms with Crippen molar-refractivity contribution in [2.75, 3.05) is 0 Å². The molecule has 0 unspecified atom stereocenters. The third-order valence-corrected chi connectivity index (χ3v) is 4.00. The first-order chi connectivity index (χ1) is 13.2. The Morgan fingerprint density at radius 1 is 1.36 bits per heavy atom. The van der Waals surface area contributed by atoms with Crippen LogP contribution >= 0.6 is 11.6 Å². The van der Waals surface area contributed by atoms with Crippen LogP contribution in [0, 0.1) is 11.3 Å². The normalized spacial score (nSPS) is 11.3. The number of halogens is 4. The molecule has 0 fully saturated rings. The fraction of sp³-hybridized carbons (Fsp3) is 0.176. The van der Waals surface area contributed by atoms with E-state index in [0.717, 1.165) is 16.8 Å². The molecule has 0 aliphatic rings. The summed E-state index contributed by atoms with van der Waals surface area (Å²) in [5.74, 6) is -1.30. The van der Waals surface area contributed by atoms with Crippen LogP contribution in [0.1, 0.15) is 17.0 Å². The summed E-state index contributed by atoms with van der Waals surface area (Å²) in [4.78, 5) is 3.97. The molecule has 28 heavy (non-hydrogen) atoms. The standard InChI is InChI=1S/C17H11ClF3N5O2/c1-25-14(23-9-24-25)8-26-3-2-13(17(19,20)21)15(16(26)27)28-12-5-10(7-22)4-11(18)6-12/h2-6,9H,8H2,1H3/p+1. The molecule has 0 amide bonds. The van der Waals surface area contributed by atoms with Gasteiger partial charge in [0.2, 0.25) is 6.54 Å². The maximum Gasteiger partial charge on any atom is 0.420 e. The first-order valence-corrected chi connectivity index (χ1v) is 8.11. The van der Waals surface area contributed by atoms with Crippen LogP contribution in [0.15, 0.2) is 36.8 Å². The lowest BCUT2D eigenvalue weighted by Gasteiger charge is -2.14. The summed E-state index contributed by atoms with van der Waals surface area (Å²) in [6.07, 6.45) is -2.44. The molecular formula is C17H12ClF3N5O2+. The van der Waals surface area contributed by atoms with Gasteiger partial charge in [0.05, 0.1) is 11.6 Å². The van der Waals surface area contributed by atoms with E-state index in [1.165, 1.54) is 29.2 Å². The second-order valence-electron chi connectivity index (χ2n) is 5.70. The minimum absolute atomic E-state index is 0.0458. The molecule has 1 N–H and O–H groups in total. The number of rotatable bonds is 4. The van der Waals surface area contributed by atoms with E-state index >= 15 is 0 Å². The number of pyridine rings is 1. The summed E-state index contributed by atoms with van der Waals surface area (Å²) in [5, 5.41) is 23.4. The lowest BCUT2D eigenvalue weighted by atomic mass is 10.2. The molecule has 144 valence electrons. The van der Waals surface area contributed by atoms with Crippen LogP contribution in [0.5, 0.6) is 17.4 Å². The fourth-order valence-electron chi connectivity index (χ4n) is 2.43. The molecular weight excluding hydrogens is 399 g/mol. The highest BCUT2D eigenvalue weighted by Gasteiger charge is 2.39. The first kappa shape index (κ1) is 19.4. The van der Waals surface area contributed by atoms with Crippen LogP contribution in [0.2, 0.25) is 5.02 Å². The van der Waals surface area contributed by atoms with Crippen molar-refractivity contribution in [3.05, 3.63) is 58.8 Å². The van der Waals surface area contributed by atoms with E-state index in [1.807, 2.05) is 6.07 Å². The Bertz CT molecular complexity index is 1080. The molecule has 2 aromatic heterocycles. The summed E-state index contributed by atoms with van der Waals surface area (Å²) in [7, 11) is 1.61. The van der Waals surface area contributed by atoms with E-state index in [-0.39, 0.29) is 22.9 Å². The highest BCUT2D eigenvalue weighted by molar-refractivity contribution is 6.30. The van der Waals surface area contributed by atoms with Gasteiger partial charge >= 0.3 is 12.1 Å². The number of aromatic nitrogens is 4. The van der Waals surface area contributed by atoms with Crippen LogP contribution in [0.4, 0.5) is 13.2 Å². The Morgan fingerprint density at radius 2 is 2.11 bits per heavy atom. The van der Waals surface area contributed by atoms with Crippen molar-refractivity contribution >= 4 is 11.6 Å². The molecule has 0 aliphatic carbocycles. The van der Waals surface area contributed by atoms with Crippen molar-refractivity contribution in [3.8, 4) is 23.4 Å². The maximum absolute atomic E-state index is 13.4. The largest absolute Gasteiger partial charge is 0.457 e. The van der Waals surface area contributed by atoms with Gasteiger partial charge in [-0.2, -0.15) is 28.1 Å². The first-order valence-electron chi connectivity index (χ1n) is 7.73. The molecule has 0 spiro atoms. The molecule has 0 atom stereocenters. The van der Waals surface area contributed by atoms with Crippen molar-refractivity contribution in [2.45, 2.75) is 12.7 Å². The third-order valence-electron chi connectivity index (χ3n) is 3.78. The average molecular weight is 411 g/mol. The lowest BCUT2D eigenvalue weighted by Crippen LogP contribution is -2.36. The predicted molar refractivity (Wildman–Crippen MR) is 89.6 cm³/mol. The third kappa shape index (κ3) is 3.99. The van der Waals surface area contributed by atoms with Gasteiger partial charge in [-0.1, -0.05) is 11.6 Å². The number of hydrogen-bond donors (Lipinski definition) is 1. The summed E-state index contributed by atoms with van der Waals surface area (Å²) in [5.41, 5.74) is -1.09. The number of benzene rings is 1. The van der Waals surface area contributed by atoms with Crippen LogP contribution in [0.3, 0.4) is 0 Å². The lowest BCUT2D eigenvalue weighted by molar-refractivity contribution is -0.695. The summed E-state index contributed by atoms with van der Waals surface area (Å²) >= 11 is 5.87. The van der Waals surface area contributed by atoms with Crippen LogP contribution in [0.25, 0.3) is 0 Å². The van der Waals surface area contributed by atoms with Crippen molar-refractivity contribution < 1.29 is 27.6 Å². The van der Waals surface area contributed by atoms with Gasteiger partial charge in [0, 0.05) is 18.1 Å². The van der Waals surface area contributed by atoms with E-state index in [9.17, 15) is 18.3 Å². The van der Waals surface area contributed by atoms with E-state index in [0.29, 0.717) is 5.82 Å². The summed E-state index contributed by atoms with van der Waals surface area (Å²) < 4.78 is 48.1. The summed E-state index contributed by atoms with van der Waals surface area (Å²) in [6, 6.07) is 6.39. The number of alkyl halides is 3.